The lowest BCUT2D eigenvalue weighted by molar-refractivity contribution is -0.137. The third-order valence-electron chi connectivity index (χ3n) is 6.33. The Morgan fingerprint density at radius 1 is 0.810 bits per heavy atom. The average Bonchev–Trinajstić information content (AvgIpc) is 2.96. The Balaban J connectivity index is 0.00000484. The fraction of sp³-hybridized carbons (Fsp3) is 0.161. The number of halogens is 3. The van der Waals surface area contributed by atoms with E-state index in [1.807, 2.05) is 30.3 Å². The van der Waals surface area contributed by atoms with Crippen LogP contribution in [0.1, 0.15) is 34.5 Å². The number of hydrogen-bond acceptors (Lipinski definition) is 4. The van der Waals surface area contributed by atoms with Crippen LogP contribution in [0, 0.1) is 0 Å². The summed E-state index contributed by atoms with van der Waals surface area (Å²) in [6, 6.07) is 24.8. The zero-order chi connectivity index (χ0) is 29.6. The van der Waals surface area contributed by atoms with Gasteiger partial charge in [-0.1, -0.05) is 86.3 Å². The molecule has 0 radical (unpaired) electrons. The van der Waals surface area contributed by atoms with Gasteiger partial charge < -0.3 is 11.1 Å². The molecule has 2 amide bonds. The number of nitrogens with two attached hydrogens (primary N) is 1. The first-order valence-electron chi connectivity index (χ1n) is 12.4. The third-order valence-corrected chi connectivity index (χ3v) is 7.73. The second-order valence-electron chi connectivity index (χ2n) is 9.17. The Labute approximate surface area is 242 Å². The van der Waals surface area contributed by atoms with Gasteiger partial charge in [-0.15, -0.1) is 0 Å². The summed E-state index contributed by atoms with van der Waals surface area (Å²) in [5.41, 5.74) is 6.96. The summed E-state index contributed by atoms with van der Waals surface area (Å²) in [5.74, 6) is -1.26. The number of primary amides is 1. The minimum absolute atomic E-state index is 0. The van der Waals surface area contributed by atoms with E-state index < -0.39 is 44.5 Å². The first-order chi connectivity index (χ1) is 19.5. The molecule has 42 heavy (non-hydrogen) atoms. The number of carbonyl (C=O) groups excluding carboxylic acids is 2. The molecule has 0 heterocycles. The number of sulfonamides is 1. The minimum Gasteiger partial charge on any atom is -0.368 e. The lowest BCUT2D eigenvalue weighted by Gasteiger charge is -2.18. The Morgan fingerprint density at radius 2 is 1.43 bits per heavy atom. The van der Waals surface area contributed by atoms with Crippen LogP contribution in [0.15, 0.2) is 108 Å². The van der Waals surface area contributed by atoms with Gasteiger partial charge in [0.05, 0.1) is 10.5 Å². The molecule has 0 aliphatic heterocycles. The van der Waals surface area contributed by atoms with Crippen LogP contribution in [-0.2, 0) is 34.0 Å². The number of rotatable bonds is 10. The van der Waals surface area contributed by atoms with E-state index in [1.54, 1.807) is 48.5 Å². The first kappa shape index (κ1) is 32.0. The summed E-state index contributed by atoms with van der Waals surface area (Å²) in [6.07, 6.45) is -4.50. The van der Waals surface area contributed by atoms with Gasteiger partial charge in [0, 0.05) is 18.5 Å². The van der Waals surface area contributed by atoms with E-state index in [1.165, 1.54) is 0 Å². The molecule has 0 spiro atoms. The highest BCUT2D eigenvalue weighted by atomic mass is 32.2. The topological polar surface area (TPSA) is 118 Å². The van der Waals surface area contributed by atoms with Crippen molar-refractivity contribution in [2.75, 3.05) is 0 Å². The summed E-state index contributed by atoms with van der Waals surface area (Å²) in [7, 11) is -4.30. The zero-order valence-corrected chi connectivity index (χ0v) is 22.4. The number of carbonyl (C=O) groups is 2. The maximum absolute atomic E-state index is 13.3. The monoisotopic (exact) mass is 597 g/mol. The number of alkyl halides is 3. The Kier molecular flexibility index (Phi) is 10.3. The quantitative estimate of drug-likeness (QED) is 0.230. The summed E-state index contributed by atoms with van der Waals surface area (Å²) in [4.78, 5) is 25.0. The van der Waals surface area contributed by atoms with Gasteiger partial charge in [-0.2, -0.15) is 13.2 Å². The predicted molar refractivity (Wildman–Crippen MR) is 155 cm³/mol. The molecular formula is C31H30F3N3O4S. The molecular weight excluding hydrogens is 567 g/mol. The molecule has 0 fully saturated rings. The van der Waals surface area contributed by atoms with Gasteiger partial charge in [0.2, 0.25) is 15.9 Å². The number of benzene rings is 4. The Hall–Kier alpha value is -4.48. The second kappa shape index (κ2) is 13.5. The van der Waals surface area contributed by atoms with E-state index in [9.17, 15) is 31.2 Å². The molecule has 220 valence electrons. The number of nitrogens with one attached hydrogen (secondary N) is 2. The minimum atomic E-state index is -4.70. The zero-order valence-electron chi connectivity index (χ0n) is 21.6. The Morgan fingerprint density at radius 3 is 2.10 bits per heavy atom. The molecule has 0 aliphatic rings. The van der Waals surface area contributed by atoms with Gasteiger partial charge in [-0.05, 0) is 46.5 Å². The van der Waals surface area contributed by atoms with E-state index in [4.69, 9.17) is 5.73 Å². The maximum atomic E-state index is 13.3. The van der Waals surface area contributed by atoms with E-state index in [0.717, 1.165) is 23.8 Å². The van der Waals surface area contributed by atoms with Crippen molar-refractivity contribution in [2.24, 2.45) is 5.73 Å². The van der Waals surface area contributed by atoms with Crippen molar-refractivity contribution in [3.8, 4) is 11.1 Å². The fourth-order valence-corrected chi connectivity index (χ4v) is 5.31. The lowest BCUT2D eigenvalue weighted by atomic mass is 9.94. The fourth-order valence-electron chi connectivity index (χ4n) is 4.26. The van der Waals surface area contributed by atoms with Crippen molar-refractivity contribution < 1.29 is 31.2 Å². The highest BCUT2D eigenvalue weighted by molar-refractivity contribution is 7.89. The van der Waals surface area contributed by atoms with Crippen molar-refractivity contribution in [3.63, 3.8) is 0 Å². The van der Waals surface area contributed by atoms with E-state index >= 15 is 0 Å². The molecule has 0 bridgehead atoms. The van der Waals surface area contributed by atoms with Gasteiger partial charge >= 0.3 is 6.18 Å². The molecule has 0 saturated carbocycles. The van der Waals surface area contributed by atoms with Crippen molar-refractivity contribution in [2.45, 2.75) is 37.5 Å². The molecule has 4 aromatic carbocycles. The molecule has 0 saturated heterocycles. The third kappa shape index (κ3) is 7.83. The summed E-state index contributed by atoms with van der Waals surface area (Å²) in [5, 5.41) is 2.69. The summed E-state index contributed by atoms with van der Waals surface area (Å²) < 4.78 is 67.4. The van der Waals surface area contributed by atoms with Gasteiger partial charge in [0.15, 0.2) is 0 Å². The predicted octanol–water partition coefficient (Wildman–Crippen LogP) is 5.31. The molecule has 0 aliphatic carbocycles. The smallest absolute Gasteiger partial charge is 0.368 e. The standard InChI is InChI=1S/C30H26F3N3O4S.CH4/c31-30(32,33)22-12-8-13-23(18-22)41(39,40)35-19-21-11-4-5-14-24(21)25-15-6-7-16-26(25)29(38)36-27(28(34)37)17-20-9-2-1-3-10-20;/h1-16,18,27,35H,17,19H2,(H2,34,37)(H,36,38);1H4/t27-;/m0./s1. The molecule has 4 rings (SSSR count). The van der Waals surface area contributed by atoms with Gasteiger partial charge in [0.1, 0.15) is 6.04 Å². The van der Waals surface area contributed by atoms with Crippen LogP contribution >= 0.6 is 0 Å². The molecule has 7 nitrogen and oxygen atoms in total. The molecule has 4 N–H and O–H groups in total. The van der Waals surface area contributed by atoms with E-state index in [-0.39, 0.29) is 26.0 Å². The molecule has 0 aromatic heterocycles. The van der Waals surface area contributed by atoms with Gasteiger partial charge in [-0.25, -0.2) is 13.1 Å². The average molecular weight is 598 g/mol. The second-order valence-corrected chi connectivity index (χ2v) is 10.9. The highest BCUT2D eigenvalue weighted by Crippen LogP contribution is 2.31. The van der Waals surface area contributed by atoms with Crippen molar-refractivity contribution in [3.05, 3.63) is 125 Å². The molecule has 0 unspecified atom stereocenters. The van der Waals surface area contributed by atoms with Gasteiger partial charge in [0.25, 0.3) is 5.91 Å². The van der Waals surface area contributed by atoms with Crippen molar-refractivity contribution in [1.82, 2.24) is 10.0 Å². The highest BCUT2D eigenvalue weighted by Gasteiger charge is 2.31. The normalized spacial score (nSPS) is 12.2. The lowest BCUT2D eigenvalue weighted by Crippen LogP contribution is -2.46. The Bertz CT molecular complexity index is 1660. The summed E-state index contributed by atoms with van der Waals surface area (Å²) in [6.45, 7) is -0.261. The molecule has 1 atom stereocenters. The maximum Gasteiger partial charge on any atom is 0.416 e. The SMILES string of the molecule is C.NC(=O)[C@H](Cc1ccccc1)NC(=O)c1ccccc1-c1ccccc1CNS(=O)(=O)c1cccc(C(F)(F)F)c1. The molecule has 11 heteroatoms. The van der Waals surface area contributed by atoms with Gasteiger partial charge in [-0.3, -0.25) is 9.59 Å². The van der Waals surface area contributed by atoms with Crippen LogP contribution < -0.4 is 15.8 Å². The van der Waals surface area contributed by atoms with Crippen molar-refractivity contribution in [1.29, 1.82) is 0 Å². The van der Waals surface area contributed by atoms with Crippen molar-refractivity contribution >= 4 is 21.8 Å². The number of amides is 2. The van der Waals surface area contributed by atoms with Crippen LogP contribution in [0.2, 0.25) is 0 Å². The van der Waals surface area contributed by atoms with Crippen LogP contribution in [0.4, 0.5) is 13.2 Å². The molecule has 4 aromatic rings. The van der Waals surface area contributed by atoms with Crippen LogP contribution in [0.5, 0.6) is 0 Å². The van der Waals surface area contributed by atoms with E-state index in [0.29, 0.717) is 22.8 Å². The van der Waals surface area contributed by atoms with Crippen LogP contribution in [-0.4, -0.2) is 26.3 Å². The first-order valence-corrected chi connectivity index (χ1v) is 13.9. The number of hydrogen-bond donors (Lipinski definition) is 3. The van der Waals surface area contributed by atoms with Crippen LogP contribution in [0.25, 0.3) is 11.1 Å². The largest absolute Gasteiger partial charge is 0.416 e. The van der Waals surface area contributed by atoms with E-state index in [2.05, 4.69) is 10.0 Å². The van der Waals surface area contributed by atoms with Crippen LogP contribution in [0.3, 0.4) is 0 Å². The summed E-state index contributed by atoms with van der Waals surface area (Å²) >= 11 is 0.